The van der Waals surface area contributed by atoms with E-state index in [1.165, 1.54) is 12.1 Å². The zero-order valence-corrected chi connectivity index (χ0v) is 12.4. The average molecular weight is 291 g/mol. The van der Waals surface area contributed by atoms with Crippen molar-refractivity contribution in [1.29, 1.82) is 0 Å². The van der Waals surface area contributed by atoms with Crippen molar-refractivity contribution in [3.63, 3.8) is 0 Å². The number of aryl methyl sites for hydroxylation is 1. The van der Waals surface area contributed by atoms with Crippen LogP contribution in [0.2, 0.25) is 0 Å². The van der Waals surface area contributed by atoms with Crippen LogP contribution in [0.4, 0.5) is 8.78 Å². The van der Waals surface area contributed by atoms with Gasteiger partial charge in [0.25, 0.3) is 0 Å². The first-order valence-corrected chi connectivity index (χ1v) is 6.92. The Labute approximate surface area is 123 Å². The monoisotopic (exact) mass is 291 g/mol. The summed E-state index contributed by atoms with van der Waals surface area (Å²) in [5, 5.41) is 3.34. The van der Waals surface area contributed by atoms with Crippen molar-refractivity contribution < 1.29 is 13.5 Å². The average Bonchev–Trinajstić information content (AvgIpc) is 2.43. The molecule has 0 amide bonds. The van der Waals surface area contributed by atoms with Gasteiger partial charge in [0.1, 0.15) is 5.75 Å². The summed E-state index contributed by atoms with van der Waals surface area (Å²) in [5.74, 6) is -1.50. The number of rotatable bonds is 5. The van der Waals surface area contributed by atoms with Crippen molar-refractivity contribution in [3.05, 3.63) is 59.2 Å². The second-order valence-corrected chi connectivity index (χ2v) is 5.28. The summed E-state index contributed by atoms with van der Waals surface area (Å²) in [4.78, 5) is 0. The first-order valence-electron chi connectivity index (χ1n) is 6.92. The summed E-state index contributed by atoms with van der Waals surface area (Å²) >= 11 is 0. The molecule has 2 aromatic carbocycles. The second-order valence-electron chi connectivity index (χ2n) is 5.28. The molecule has 21 heavy (non-hydrogen) atoms. The maximum absolute atomic E-state index is 13.6. The van der Waals surface area contributed by atoms with E-state index in [4.69, 9.17) is 4.74 Å². The molecule has 2 aromatic rings. The number of benzene rings is 2. The molecule has 0 fully saturated rings. The largest absolute Gasteiger partial charge is 0.454 e. The molecule has 0 heterocycles. The Morgan fingerprint density at radius 3 is 2.57 bits per heavy atom. The molecule has 0 spiro atoms. The maximum atomic E-state index is 13.6. The van der Waals surface area contributed by atoms with Gasteiger partial charge in [0.2, 0.25) is 5.82 Å². The molecule has 4 heteroatoms. The smallest absolute Gasteiger partial charge is 0.201 e. The molecule has 112 valence electrons. The minimum absolute atomic E-state index is 0.109. The minimum Gasteiger partial charge on any atom is -0.454 e. The van der Waals surface area contributed by atoms with Crippen molar-refractivity contribution in [2.45, 2.75) is 33.4 Å². The van der Waals surface area contributed by atoms with Gasteiger partial charge in [0, 0.05) is 12.6 Å². The van der Waals surface area contributed by atoms with Crippen molar-refractivity contribution >= 4 is 0 Å². The zero-order valence-electron chi connectivity index (χ0n) is 12.4. The van der Waals surface area contributed by atoms with Crippen molar-refractivity contribution in [2.75, 3.05) is 0 Å². The van der Waals surface area contributed by atoms with Crippen LogP contribution in [0.1, 0.15) is 25.0 Å². The molecule has 2 nitrogen and oxygen atoms in total. The third-order valence-corrected chi connectivity index (χ3v) is 3.16. The van der Waals surface area contributed by atoms with E-state index in [1.54, 1.807) is 6.07 Å². The summed E-state index contributed by atoms with van der Waals surface area (Å²) in [5.41, 5.74) is 2.19. The van der Waals surface area contributed by atoms with Crippen LogP contribution in [0.3, 0.4) is 0 Å². The van der Waals surface area contributed by atoms with Crippen LogP contribution in [0.15, 0.2) is 36.4 Å². The van der Waals surface area contributed by atoms with Gasteiger partial charge in [-0.1, -0.05) is 26.0 Å². The van der Waals surface area contributed by atoms with Gasteiger partial charge in [-0.05, 0) is 42.3 Å². The van der Waals surface area contributed by atoms with Gasteiger partial charge in [-0.3, -0.25) is 0 Å². The quantitative estimate of drug-likeness (QED) is 0.871. The molecule has 0 bridgehead atoms. The number of nitrogens with one attached hydrogen (secondary N) is 1. The standard InChI is InChI=1S/C17H19F2NO/c1-11(2)20-10-13-7-8-14(9-12(13)3)21-16-6-4-5-15(18)17(16)19/h4-9,11,20H,10H2,1-3H3. The number of halogens is 2. The van der Waals surface area contributed by atoms with E-state index in [9.17, 15) is 8.78 Å². The fourth-order valence-corrected chi connectivity index (χ4v) is 1.93. The normalized spacial score (nSPS) is 11.0. The predicted molar refractivity (Wildman–Crippen MR) is 79.6 cm³/mol. The molecule has 0 aromatic heterocycles. The summed E-state index contributed by atoms with van der Waals surface area (Å²) in [6.07, 6.45) is 0. The van der Waals surface area contributed by atoms with Crippen LogP contribution in [0.25, 0.3) is 0 Å². The van der Waals surface area contributed by atoms with Gasteiger partial charge in [-0.15, -0.1) is 0 Å². The van der Waals surface area contributed by atoms with E-state index in [-0.39, 0.29) is 5.75 Å². The number of hydrogen-bond acceptors (Lipinski definition) is 2. The molecule has 2 rings (SSSR count). The first kappa shape index (κ1) is 15.4. The van der Waals surface area contributed by atoms with Gasteiger partial charge in [-0.2, -0.15) is 4.39 Å². The predicted octanol–water partition coefficient (Wildman–Crippen LogP) is 4.56. The Morgan fingerprint density at radius 1 is 1.14 bits per heavy atom. The van der Waals surface area contributed by atoms with E-state index in [2.05, 4.69) is 19.2 Å². The van der Waals surface area contributed by atoms with E-state index >= 15 is 0 Å². The van der Waals surface area contributed by atoms with Crippen LogP contribution in [0, 0.1) is 18.6 Å². The molecular formula is C17H19F2NO. The van der Waals surface area contributed by atoms with Gasteiger partial charge in [-0.25, -0.2) is 4.39 Å². The van der Waals surface area contributed by atoms with Crippen molar-refractivity contribution in [1.82, 2.24) is 5.32 Å². The van der Waals surface area contributed by atoms with E-state index in [1.807, 2.05) is 19.1 Å². The fraction of sp³-hybridized carbons (Fsp3) is 0.294. The first-order chi connectivity index (χ1) is 9.97. The Kier molecular flexibility index (Phi) is 4.91. The third-order valence-electron chi connectivity index (χ3n) is 3.16. The molecular weight excluding hydrogens is 272 g/mol. The summed E-state index contributed by atoms with van der Waals surface area (Å²) in [6, 6.07) is 9.80. The molecule has 0 aliphatic carbocycles. The lowest BCUT2D eigenvalue weighted by molar-refractivity contribution is 0.415. The van der Waals surface area contributed by atoms with Crippen LogP contribution in [-0.4, -0.2) is 6.04 Å². The molecule has 0 radical (unpaired) electrons. The van der Waals surface area contributed by atoms with Crippen LogP contribution in [0.5, 0.6) is 11.5 Å². The lowest BCUT2D eigenvalue weighted by Gasteiger charge is -2.13. The van der Waals surface area contributed by atoms with Gasteiger partial charge >= 0.3 is 0 Å². The Hall–Kier alpha value is -1.94. The van der Waals surface area contributed by atoms with Gasteiger partial charge in [0.15, 0.2) is 11.6 Å². The topological polar surface area (TPSA) is 21.3 Å². The highest BCUT2D eigenvalue weighted by Crippen LogP contribution is 2.27. The molecule has 1 N–H and O–H groups in total. The van der Waals surface area contributed by atoms with Crippen molar-refractivity contribution in [3.8, 4) is 11.5 Å². The summed E-state index contributed by atoms with van der Waals surface area (Å²) < 4.78 is 32.1. The fourth-order valence-electron chi connectivity index (χ4n) is 1.93. The van der Waals surface area contributed by atoms with E-state index in [0.29, 0.717) is 11.8 Å². The van der Waals surface area contributed by atoms with Crippen LogP contribution < -0.4 is 10.1 Å². The van der Waals surface area contributed by atoms with E-state index in [0.717, 1.165) is 23.7 Å². The third kappa shape index (κ3) is 4.02. The maximum Gasteiger partial charge on any atom is 0.201 e. The molecule has 0 aliphatic rings. The molecule has 0 saturated carbocycles. The second kappa shape index (κ2) is 6.68. The van der Waals surface area contributed by atoms with E-state index < -0.39 is 11.6 Å². The van der Waals surface area contributed by atoms with Crippen LogP contribution in [-0.2, 0) is 6.54 Å². The lowest BCUT2D eigenvalue weighted by atomic mass is 10.1. The summed E-state index contributed by atoms with van der Waals surface area (Å²) in [7, 11) is 0. The summed E-state index contributed by atoms with van der Waals surface area (Å²) in [6.45, 7) is 6.89. The van der Waals surface area contributed by atoms with Crippen molar-refractivity contribution in [2.24, 2.45) is 0 Å². The highest BCUT2D eigenvalue weighted by atomic mass is 19.2. The lowest BCUT2D eigenvalue weighted by Crippen LogP contribution is -2.22. The highest BCUT2D eigenvalue weighted by molar-refractivity contribution is 5.38. The van der Waals surface area contributed by atoms with Gasteiger partial charge < -0.3 is 10.1 Å². The number of ether oxygens (including phenoxy) is 1. The van der Waals surface area contributed by atoms with Crippen LogP contribution >= 0.6 is 0 Å². The Balaban J connectivity index is 2.15. The molecule has 0 aliphatic heterocycles. The highest BCUT2D eigenvalue weighted by Gasteiger charge is 2.10. The SMILES string of the molecule is Cc1cc(Oc2cccc(F)c2F)ccc1CNC(C)C. The zero-order chi connectivity index (χ0) is 15.4. The number of hydrogen-bond donors (Lipinski definition) is 1. The molecule has 0 saturated heterocycles. The molecule has 0 unspecified atom stereocenters. The van der Waals surface area contributed by atoms with Gasteiger partial charge in [0.05, 0.1) is 0 Å². The Morgan fingerprint density at radius 2 is 1.90 bits per heavy atom. The Bertz CT molecular complexity index is 626. The molecule has 0 atom stereocenters. The minimum atomic E-state index is -0.972.